The van der Waals surface area contributed by atoms with Crippen molar-refractivity contribution >= 4 is 17.7 Å². The lowest BCUT2D eigenvalue weighted by Crippen LogP contribution is -2.75. The Bertz CT molecular complexity index is 1080. The van der Waals surface area contributed by atoms with Gasteiger partial charge in [-0.15, -0.1) is 6.58 Å². The van der Waals surface area contributed by atoms with Gasteiger partial charge in [-0.1, -0.05) is 32.9 Å². The van der Waals surface area contributed by atoms with Crippen molar-refractivity contribution in [1.82, 2.24) is 0 Å². The second kappa shape index (κ2) is 9.00. The molecule has 212 valence electrons. The van der Waals surface area contributed by atoms with E-state index in [-0.39, 0.29) is 37.1 Å². The van der Waals surface area contributed by atoms with Crippen LogP contribution < -0.4 is 0 Å². The van der Waals surface area contributed by atoms with Crippen LogP contribution in [0.3, 0.4) is 0 Å². The highest BCUT2D eigenvalue weighted by Gasteiger charge is 2.73. The SMILES string of the molecule is C=CC1(C)CC(O)C2C(C)(O1)C(=O)CC1C(C)(C)C(OC(=O)C(C)=CC)CC(OC(=O)C3(C)OC3C)C21C. The molecule has 2 aliphatic heterocycles. The molecule has 8 heteroatoms. The van der Waals surface area contributed by atoms with Gasteiger partial charge in [-0.3, -0.25) is 4.79 Å². The molecule has 0 bridgehead atoms. The molecule has 2 saturated carbocycles. The van der Waals surface area contributed by atoms with Crippen LogP contribution in [0.5, 0.6) is 0 Å². The first kappa shape index (κ1) is 29.0. The fourth-order valence-electron chi connectivity index (χ4n) is 7.65. The Hall–Kier alpha value is -2.03. The third kappa shape index (κ3) is 4.09. The lowest BCUT2D eigenvalue weighted by Gasteiger charge is -2.67. The van der Waals surface area contributed by atoms with Gasteiger partial charge in [-0.05, 0) is 47.5 Å². The molecule has 10 unspecified atom stereocenters. The first-order valence-electron chi connectivity index (χ1n) is 13.7. The van der Waals surface area contributed by atoms with Crippen LogP contribution in [0.4, 0.5) is 0 Å². The van der Waals surface area contributed by atoms with Crippen molar-refractivity contribution in [2.75, 3.05) is 0 Å². The average Bonchev–Trinajstić information content (AvgIpc) is 3.45. The predicted molar refractivity (Wildman–Crippen MR) is 140 cm³/mol. The van der Waals surface area contributed by atoms with Crippen LogP contribution in [0, 0.1) is 22.7 Å². The van der Waals surface area contributed by atoms with E-state index in [9.17, 15) is 19.5 Å². The molecule has 0 aromatic heterocycles. The number of aliphatic hydroxyl groups excluding tert-OH is 1. The quantitative estimate of drug-likeness (QED) is 0.244. The van der Waals surface area contributed by atoms with E-state index in [1.807, 2.05) is 34.6 Å². The number of aliphatic hydroxyl groups is 1. The number of ether oxygens (including phenoxy) is 4. The predicted octanol–water partition coefficient (Wildman–Crippen LogP) is 4.08. The van der Waals surface area contributed by atoms with Gasteiger partial charge in [0.15, 0.2) is 11.4 Å². The number of esters is 2. The molecule has 0 aromatic carbocycles. The molecule has 2 heterocycles. The number of carbonyl (C=O) groups excluding carboxylic acids is 3. The van der Waals surface area contributed by atoms with Crippen molar-refractivity contribution < 1.29 is 38.4 Å². The largest absolute Gasteiger partial charge is 0.459 e. The Morgan fingerprint density at radius 1 is 1.11 bits per heavy atom. The zero-order valence-corrected chi connectivity index (χ0v) is 24.3. The van der Waals surface area contributed by atoms with E-state index in [1.54, 1.807) is 39.8 Å². The van der Waals surface area contributed by atoms with Gasteiger partial charge >= 0.3 is 11.9 Å². The molecule has 0 radical (unpaired) electrons. The van der Waals surface area contributed by atoms with Gasteiger partial charge in [0.1, 0.15) is 17.8 Å². The minimum Gasteiger partial charge on any atom is -0.459 e. The molecule has 1 N–H and O–H groups in total. The Kier molecular flexibility index (Phi) is 6.86. The van der Waals surface area contributed by atoms with Gasteiger partial charge in [0.2, 0.25) is 0 Å². The molecule has 8 nitrogen and oxygen atoms in total. The summed E-state index contributed by atoms with van der Waals surface area (Å²) in [6.45, 7) is 20.4. The first-order chi connectivity index (χ1) is 17.4. The van der Waals surface area contributed by atoms with Gasteiger partial charge in [0.25, 0.3) is 0 Å². The minimum absolute atomic E-state index is 0.127. The van der Waals surface area contributed by atoms with E-state index in [0.717, 1.165) is 0 Å². The highest BCUT2D eigenvalue weighted by atomic mass is 16.7. The summed E-state index contributed by atoms with van der Waals surface area (Å²) in [6.07, 6.45) is 1.36. The van der Waals surface area contributed by atoms with Crippen LogP contribution in [-0.2, 0) is 33.3 Å². The number of carbonyl (C=O) groups is 3. The van der Waals surface area contributed by atoms with Gasteiger partial charge < -0.3 is 24.1 Å². The summed E-state index contributed by atoms with van der Waals surface area (Å²) in [5.74, 6) is -2.10. The molecule has 2 aliphatic carbocycles. The standard InChI is InChI=1S/C30H44O8/c1-11-16(3)24(33)35-21-14-22(36-25(34)29(9)17(4)37-29)28(8)19(26(21,5)6)13-20(32)30(10)23(28)18(31)15-27(7,12-2)38-30/h11-12,17-19,21-23,31H,2,13-15H2,1,3-10H3. The topological polar surface area (TPSA) is 112 Å². The van der Waals surface area contributed by atoms with Crippen LogP contribution in [-0.4, -0.2) is 64.0 Å². The van der Waals surface area contributed by atoms with Gasteiger partial charge in [0, 0.05) is 41.6 Å². The van der Waals surface area contributed by atoms with Crippen molar-refractivity contribution in [1.29, 1.82) is 0 Å². The van der Waals surface area contributed by atoms with Crippen molar-refractivity contribution in [2.24, 2.45) is 22.7 Å². The van der Waals surface area contributed by atoms with E-state index >= 15 is 0 Å². The van der Waals surface area contributed by atoms with Crippen LogP contribution in [0.25, 0.3) is 0 Å². The maximum absolute atomic E-state index is 13.9. The van der Waals surface area contributed by atoms with Crippen LogP contribution in [0.15, 0.2) is 24.3 Å². The van der Waals surface area contributed by atoms with Crippen molar-refractivity contribution in [3.63, 3.8) is 0 Å². The number of rotatable bonds is 5. The molecule has 4 aliphatic rings. The summed E-state index contributed by atoms with van der Waals surface area (Å²) in [5, 5.41) is 11.7. The molecule has 0 spiro atoms. The molecule has 38 heavy (non-hydrogen) atoms. The molecular weight excluding hydrogens is 488 g/mol. The lowest BCUT2D eigenvalue weighted by molar-refractivity contribution is -0.296. The molecule has 4 rings (SSSR count). The number of allylic oxidation sites excluding steroid dienone is 1. The van der Waals surface area contributed by atoms with Crippen molar-refractivity contribution in [3.05, 3.63) is 24.3 Å². The number of Topliss-reactive ketones (excluding diaryl/α,β-unsaturated/α-hetero) is 1. The molecule has 0 aromatic rings. The van der Waals surface area contributed by atoms with Gasteiger partial charge in [0.05, 0.1) is 17.8 Å². The lowest BCUT2D eigenvalue weighted by atomic mass is 9.42. The van der Waals surface area contributed by atoms with Crippen molar-refractivity contribution in [3.8, 4) is 0 Å². The zero-order chi connectivity index (χ0) is 28.6. The fourth-order valence-corrected chi connectivity index (χ4v) is 7.65. The highest BCUT2D eigenvalue weighted by molar-refractivity contribution is 5.90. The number of hydrogen-bond acceptors (Lipinski definition) is 8. The molecule has 4 fully saturated rings. The number of ketones is 1. The molecule has 2 saturated heterocycles. The molecule has 0 amide bonds. The maximum atomic E-state index is 13.9. The summed E-state index contributed by atoms with van der Waals surface area (Å²) in [7, 11) is 0. The van der Waals surface area contributed by atoms with Crippen LogP contribution in [0.2, 0.25) is 0 Å². The maximum Gasteiger partial charge on any atom is 0.341 e. The smallest absolute Gasteiger partial charge is 0.341 e. The Balaban J connectivity index is 1.82. The molecule has 10 atom stereocenters. The third-order valence-electron chi connectivity index (χ3n) is 10.5. The summed E-state index contributed by atoms with van der Waals surface area (Å²) in [5.41, 5.74) is -4.30. The van der Waals surface area contributed by atoms with Crippen LogP contribution in [0.1, 0.15) is 81.6 Å². The molecular formula is C30H44O8. The highest BCUT2D eigenvalue weighted by Crippen LogP contribution is 2.66. The Morgan fingerprint density at radius 3 is 2.24 bits per heavy atom. The monoisotopic (exact) mass is 532 g/mol. The third-order valence-corrected chi connectivity index (χ3v) is 10.5. The Labute approximate surface area is 226 Å². The zero-order valence-electron chi connectivity index (χ0n) is 24.3. The average molecular weight is 533 g/mol. The summed E-state index contributed by atoms with van der Waals surface area (Å²) in [4.78, 5) is 40.1. The number of hydrogen-bond donors (Lipinski definition) is 1. The van der Waals surface area contributed by atoms with E-state index < -0.39 is 63.8 Å². The van der Waals surface area contributed by atoms with E-state index in [1.165, 1.54) is 0 Å². The number of epoxide rings is 1. The number of fused-ring (bicyclic) bond motifs is 3. The van der Waals surface area contributed by atoms with Crippen LogP contribution >= 0.6 is 0 Å². The first-order valence-corrected chi connectivity index (χ1v) is 13.7. The fraction of sp³-hybridized carbons (Fsp3) is 0.767. The minimum atomic E-state index is -1.31. The second-order valence-corrected chi connectivity index (χ2v) is 13.2. The summed E-state index contributed by atoms with van der Waals surface area (Å²) in [6, 6.07) is 0. The summed E-state index contributed by atoms with van der Waals surface area (Å²) < 4.78 is 24.3. The van der Waals surface area contributed by atoms with Crippen molar-refractivity contribution in [2.45, 2.75) is 123 Å². The Morgan fingerprint density at radius 2 is 1.71 bits per heavy atom. The van der Waals surface area contributed by atoms with E-state index in [2.05, 4.69) is 6.58 Å². The van der Waals surface area contributed by atoms with E-state index in [0.29, 0.717) is 5.57 Å². The normalized spacial score (nSPS) is 47.8. The second-order valence-electron chi connectivity index (χ2n) is 13.2. The van der Waals surface area contributed by atoms with Gasteiger partial charge in [-0.2, -0.15) is 0 Å². The van der Waals surface area contributed by atoms with E-state index in [4.69, 9.17) is 18.9 Å². The van der Waals surface area contributed by atoms with Gasteiger partial charge in [-0.25, -0.2) is 9.59 Å². The summed E-state index contributed by atoms with van der Waals surface area (Å²) >= 11 is 0.